The zero-order valence-corrected chi connectivity index (χ0v) is 7.90. The molecule has 14 heavy (non-hydrogen) atoms. The number of amides is 1. The molecular weight excluding hydrogens is 182 g/mol. The van der Waals surface area contributed by atoms with Crippen molar-refractivity contribution in [3.05, 3.63) is 12.7 Å². The van der Waals surface area contributed by atoms with Crippen molar-refractivity contribution in [3.8, 4) is 0 Å². The molecule has 5 nitrogen and oxygen atoms in total. The third kappa shape index (κ3) is 2.69. The lowest BCUT2D eigenvalue weighted by molar-refractivity contribution is -0.116. The fourth-order valence-corrected chi connectivity index (χ4v) is 1.22. The second-order valence-electron chi connectivity index (χ2n) is 2.84. The van der Waals surface area contributed by atoms with Gasteiger partial charge in [0.15, 0.2) is 12.1 Å². The van der Waals surface area contributed by atoms with Crippen molar-refractivity contribution in [2.24, 2.45) is 4.99 Å². The molecule has 1 amide bonds. The molecule has 0 aromatic heterocycles. The molecule has 0 saturated heterocycles. The summed E-state index contributed by atoms with van der Waals surface area (Å²) in [6.07, 6.45) is 1.96. The minimum atomic E-state index is -0.200. The minimum absolute atomic E-state index is 0.200. The van der Waals surface area contributed by atoms with Crippen LogP contribution in [0.4, 0.5) is 0 Å². The largest absolute Gasteiger partial charge is 0.351 e. The van der Waals surface area contributed by atoms with E-state index in [1.54, 1.807) is 0 Å². The predicted octanol–water partition coefficient (Wildman–Crippen LogP) is -0.798. The summed E-state index contributed by atoms with van der Waals surface area (Å²) in [5.41, 5.74) is 0. The number of aliphatic imine (C=N–C) groups is 1. The number of carbonyl (C=O) groups is 2. The van der Waals surface area contributed by atoms with Crippen LogP contribution in [0.25, 0.3) is 0 Å². The quantitative estimate of drug-likeness (QED) is 0.461. The van der Waals surface area contributed by atoms with E-state index in [1.807, 2.05) is 4.90 Å². The first-order chi connectivity index (χ1) is 6.77. The van der Waals surface area contributed by atoms with E-state index in [0.29, 0.717) is 25.5 Å². The third-order valence-electron chi connectivity index (χ3n) is 1.94. The topological polar surface area (TPSA) is 61.8 Å². The molecule has 0 aromatic carbocycles. The van der Waals surface area contributed by atoms with Crippen LogP contribution in [0.1, 0.15) is 0 Å². The zero-order valence-electron chi connectivity index (χ0n) is 7.90. The first-order valence-electron chi connectivity index (χ1n) is 4.42. The predicted molar refractivity (Wildman–Crippen MR) is 53.1 cm³/mol. The number of hydrogen-bond acceptors (Lipinski definition) is 4. The molecule has 1 aliphatic rings. The van der Waals surface area contributed by atoms with Crippen molar-refractivity contribution in [1.29, 1.82) is 0 Å². The summed E-state index contributed by atoms with van der Waals surface area (Å²) >= 11 is 0. The number of carbonyl (C=O) groups excluding carboxylic acids is 2. The fraction of sp³-hybridized carbons (Fsp3) is 0.444. The van der Waals surface area contributed by atoms with Crippen molar-refractivity contribution in [1.82, 2.24) is 10.2 Å². The van der Waals surface area contributed by atoms with Gasteiger partial charge in [0.1, 0.15) is 0 Å². The van der Waals surface area contributed by atoms with E-state index in [9.17, 15) is 9.59 Å². The molecule has 0 bridgehead atoms. The van der Waals surface area contributed by atoms with Crippen LogP contribution in [0.2, 0.25) is 0 Å². The van der Waals surface area contributed by atoms with Gasteiger partial charge in [-0.1, -0.05) is 6.58 Å². The maximum Gasteiger partial charge on any atom is 0.243 e. The molecule has 1 heterocycles. The number of aldehydes is 1. The summed E-state index contributed by atoms with van der Waals surface area (Å²) in [5, 5.41) is 2.63. The smallest absolute Gasteiger partial charge is 0.243 e. The lowest BCUT2D eigenvalue weighted by Gasteiger charge is -2.16. The van der Waals surface area contributed by atoms with E-state index in [-0.39, 0.29) is 5.91 Å². The lowest BCUT2D eigenvalue weighted by Crippen LogP contribution is -2.36. The molecule has 76 valence electrons. The van der Waals surface area contributed by atoms with Gasteiger partial charge in [-0.25, -0.2) is 0 Å². The zero-order chi connectivity index (χ0) is 10.4. The minimum Gasteiger partial charge on any atom is -0.351 e. The second-order valence-corrected chi connectivity index (χ2v) is 2.84. The van der Waals surface area contributed by atoms with Gasteiger partial charge < -0.3 is 10.2 Å². The van der Waals surface area contributed by atoms with Crippen molar-refractivity contribution < 1.29 is 9.59 Å². The molecule has 0 fully saturated rings. The molecule has 0 aliphatic carbocycles. The molecule has 0 radical (unpaired) electrons. The van der Waals surface area contributed by atoms with Crippen LogP contribution in [0.15, 0.2) is 17.6 Å². The Morgan fingerprint density at radius 1 is 1.71 bits per heavy atom. The van der Waals surface area contributed by atoms with Gasteiger partial charge in [0.05, 0.1) is 6.54 Å². The van der Waals surface area contributed by atoms with Crippen molar-refractivity contribution in [3.63, 3.8) is 0 Å². The molecule has 1 N–H and O–H groups in total. The van der Waals surface area contributed by atoms with Gasteiger partial charge in [0.25, 0.3) is 0 Å². The molecule has 0 unspecified atom stereocenters. The van der Waals surface area contributed by atoms with E-state index in [0.717, 1.165) is 12.8 Å². The van der Waals surface area contributed by atoms with Crippen molar-refractivity contribution >= 4 is 18.0 Å². The van der Waals surface area contributed by atoms with Crippen LogP contribution < -0.4 is 5.32 Å². The Hall–Kier alpha value is -1.65. The van der Waals surface area contributed by atoms with Crippen LogP contribution in [-0.2, 0) is 9.59 Å². The van der Waals surface area contributed by atoms with Crippen LogP contribution in [-0.4, -0.2) is 49.1 Å². The molecule has 5 heteroatoms. The summed E-state index contributed by atoms with van der Waals surface area (Å²) in [7, 11) is 0. The van der Waals surface area contributed by atoms with Gasteiger partial charge >= 0.3 is 0 Å². The summed E-state index contributed by atoms with van der Waals surface area (Å²) < 4.78 is 0. The highest BCUT2D eigenvalue weighted by Gasteiger charge is 2.14. The van der Waals surface area contributed by atoms with Gasteiger partial charge in [-0.15, -0.1) is 0 Å². The highest BCUT2D eigenvalue weighted by atomic mass is 16.1. The number of amidine groups is 1. The monoisotopic (exact) mass is 195 g/mol. The number of nitrogens with one attached hydrogen (secondary N) is 1. The van der Waals surface area contributed by atoms with Gasteiger partial charge in [-0.05, 0) is 6.08 Å². The maximum atomic E-state index is 10.8. The Bertz CT molecular complexity index is 273. The molecule has 0 saturated carbocycles. The Morgan fingerprint density at radius 2 is 2.50 bits per heavy atom. The Balaban J connectivity index is 2.25. The number of nitrogens with zero attached hydrogens (tertiary/aromatic N) is 2. The van der Waals surface area contributed by atoms with Crippen molar-refractivity contribution in [2.75, 3.05) is 26.2 Å². The van der Waals surface area contributed by atoms with E-state index in [2.05, 4.69) is 16.9 Å². The van der Waals surface area contributed by atoms with E-state index in [1.165, 1.54) is 6.08 Å². The van der Waals surface area contributed by atoms with Crippen molar-refractivity contribution in [2.45, 2.75) is 0 Å². The van der Waals surface area contributed by atoms with Gasteiger partial charge in [0, 0.05) is 19.6 Å². The molecule has 1 rings (SSSR count). The molecule has 1 aliphatic heterocycles. The normalized spacial score (nSPS) is 14.9. The molecule has 0 aromatic rings. The Morgan fingerprint density at radius 3 is 3.14 bits per heavy atom. The Labute approximate surface area is 82.5 Å². The lowest BCUT2D eigenvalue weighted by atomic mass is 10.4. The first-order valence-corrected chi connectivity index (χ1v) is 4.42. The van der Waals surface area contributed by atoms with Crippen LogP contribution in [0, 0.1) is 0 Å². The summed E-state index contributed by atoms with van der Waals surface area (Å²) in [6, 6.07) is 0. The summed E-state index contributed by atoms with van der Waals surface area (Å²) in [6.45, 7) is 5.85. The summed E-state index contributed by atoms with van der Waals surface area (Å²) in [4.78, 5) is 27.1. The van der Waals surface area contributed by atoms with E-state index in [4.69, 9.17) is 0 Å². The number of hydrogen-bond donors (Lipinski definition) is 1. The van der Waals surface area contributed by atoms with Crippen LogP contribution >= 0.6 is 0 Å². The highest BCUT2D eigenvalue weighted by Crippen LogP contribution is 1.97. The second kappa shape index (κ2) is 5.16. The van der Waals surface area contributed by atoms with Gasteiger partial charge in [-0.3, -0.25) is 14.6 Å². The standard InChI is InChI=1S/C9H13N3O2/c1-2-9(14)11-4-6-12-5-3-10-8(12)7-13/h2,7H,1,3-6H2,(H,11,14). The SMILES string of the molecule is C=CC(=O)NCCN1CCN=C1C=O. The van der Waals surface area contributed by atoms with Gasteiger partial charge in [0.2, 0.25) is 5.91 Å². The molecular formula is C9H13N3O2. The van der Waals surface area contributed by atoms with E-state index >= 15 is 0 Å². The fourth-order valence-electron chi connectivity index (χ4n) is 1.22. The average Bonchev–Trinajstić information content (AvgIpc) is 2.65. The van der Waals surface area contributed by atoms with Crippen LogP contribution in [0.3, 0.4) is 0 Å². The third-order valence-corrected chi connectivity index (χ3v) is 1.94. The van der Waals surface area contributed by atoms with E-state index < -0.39 is 0 Å². The molecule has 0 atom stereocenters. The highest BCUT2D eigenvalue weighted by molar-refractivity contribution is 6.27. The van der Waals surface area contributed by atoms with Gasteiger partial charge in [-0.2, -0.15) is 0 Å². The maximum absolute atomic E-state index is 10.8. The first kappa shape index (κ1) is 10.4. The Kier molecular flexibility index (Phi) is 3.84. The van der Waals surface area contributed by atoms with Crippen LogP contribution in [0.5, 0.6) is 0 Å². The number of rotatable bonds is 5. The molecule has 0 spiro atoms. The average molecular weight is 195 g/mol. The summed E-state index contributed by atoms with van der Waals surface area (Å²) in [5.74, 6) is 0.270.